The van der Waals surface area contributed by atoms with Crippen LogP contribution in [0, 0.1) is 11.8 Å². The van der Waals surface area contributed by atoms with E-state index < -0.39 is 5.97 Å². The van der Waals surface area contributed by atoms with Crippen LogP contribution in [0.15, 0.2) is 0 Å². The van der Waals surface area contributed by atoms with Crippen LogP contribution < -0.4 is 5.43 Å². The number of rotatable bonds is 13. The summed E-state index contributed by atoms with van der Waals surface area (Å²) < 4.78 is 6.14. The van der Waals surface area contributed by atoms with Gasteiger partial charge in [-0.2, -0.15) is 0 Å². The first-order valence-electron chi connectivity index (χ1n) is 10.4. The fraction of sp³-hybridized carbons (Fsp3) is 0.900. The Morgan fingerprint density at radius 2 is 1.73 bits per heavy atom. The number of ether oxygens (including phenoxy) is 1. The van der Waals surface area contributed by atoms with E-state index in [4.69, 9.17) is 9.84 Å². The molecule has 0 aromatic heterocycles. The second-order valence-electron chi connectivity index (χ2n) is 7.88. The molecule has 0 unspecified atom stereocenters. The number of carbonyl (C=O) groups excluding carboxylic acids is 1. The molecule has 26 heavy (non-hydrogen) atoms. The van der Waals surface area contributed by atoms with Gasteiger partial charge in [-0.25, -0.2) is 5.43 Å². The maximum absolute atomic E-state index is 12.1. The smallest absolute Gasteiger partial charge is 0.303 e. The number of aliphatic carboxylic acids is 1. The predicted molar refractivity (Wildman–Crippen MR) is 101 cm³/mol. The molecule has 0 radical (unpaired) electrons. The largest absolute Gasteiger partial charge is 0.481 e. The highest BCUT2D eigenvalue weighted by Gasteiger charge is 2.48. The number of unbranched alkanes of at least 4 members (excludes halogenated alkanes) is 4. The molecule has 4 atom stereocenters. The number of carboxylic acid groups (broad SMARTS) is 1. The van der Waals surface area contributed by atoms with Crippen LogP contribution in [0.1, 0.15) is 77.6 Å². The van der Waals surface area contributed by atoms with Crippen molar-refractivity contribution in [3.05, 3.63) is 0 Å². The van der Waals surface area contributed by atoms with Gasteiger partial charge in [0.25, 0.3) is 0 Å². The number of nitrogens with zero attached hydrogens (tertiary/aromatic N) is 1. The molecule has 0 aromatic carbocycles. The van der Waals surface area contributed by atoms with E-state index in [9.17, 15) is 9.59 Å². The molecular formula is C20H36N2O4. The zero-order chi connectivity index (χ0) is 18.9. The molecule has 0 aromatic rings. The Kier molecular flexibility index (Phi) is 8.85. The van der Waals surface area contributed by atoms with Crippen LogP contribution in [0.5, 0.6) is 0 Å². The van der Waals surface area contributed by atoms with Crippen LogP contribution in [-0.2, 0) is 14.3 Å². The van der Waals surface area contributed by atoms with Crippen molar-refractivity contribution >= 4 is 11.9 Å². The molecule has 2 fully saturated rings. The number of carbonyl (C=O) groups is 2. The van der Waals surface area contributed by atoms with Crippen LogP contribution in [0.25, 0.3) is 0 Å². The first-order chi connectivity index (χ1) is 12.5. The number of fused-ring (bicyclic) bond motifs is 2. The Labute approximate surface area is 157 Å². The second kappa shape index (κ2) is 10.9. The van der Waals surface area contributed by atoms with Gasteiger partial charge in [0.05, 0.1) is 12.2 Å². The molecule has 150 valence electrons. The zero-order valence-electron chi connectivity index (χ0n) is 16.4. The number of hydrogen-bond acceptors (Lipinski definition) is 4. The van der Waals surface area contributed by atoms with E-state index in [0.29, 0.717) is 30.5 Å². The summed E-state index contributed by atoms with van der Waals surface area (Å²) >= 11 is 0. The molecule has 1 amide bonds. The average molecular weight is 369 g/mol. The number of hydrazine groups is 1. The molecule has 2 bridgehead atoms. The number of hydrogen-bond donors (Lipinski definition) is 2. The third kappa shape index (κ3) is 6.23. The molecule has 6 heteroatoms. The molecule has 2 aliphatic rings. The summed E-state index contributed by atoms with van der Waals surface area (Å²) in [6, 6.07) is 0. The lowest BCUT2D eigenvalue weighted by atomic mass is 9.76. The van der Waals surface area contributed by atoms with Crippen LogP contribution >= 0.6 is 0 Å². The monoisotopic (exact) mass is 368 g/mol. The molecule has 2 rings (SSSR count). The summed E-state index contributed by atoms with van der Waals surface area (Å²) in [5.41, 5.74) is 3.31. The van der Waals surface area contributed by atoms with Crippen LogP contribution in [0.4, 0.5) is 0 Å². The lowest BCUT2D eigenvalue weighted by Crippen LogP contribution is -2.45. The van der Waals surface area contributed by atoms with Crippen LogP contribution in [0.2, 0.25) is 0 Å². The average Bonchev–Trinajstić information content (AvgIpc) is 3.21. The maximum atomic E-state index is 12.1. The zero-order valence-corrected chi connectivity index (χ0v) is 16.4. The van der Waals surface area contributed by atoms with Crippen LogP contribution in [-0.4, -0.2) is 47.8 Å². The molecular weight excluding hydrogens is 332 g/mol. The van der Waals surface area contributed by atoms with Crippen molar-refractivity contribution < 1.29 is 19.4 Å². The standard InChI is InChI=1S/C20H36N2O4/c1-3-4-10-19(23)22(2)21-14-16-15(17-12-13-18(16)26-17)9-7-5-6-8-11-20(24)25/h15-18,21H,3-14H2,1-2H3,(H,24,25)/t15-,16-,17+,18-/m1/s1. The SMILES string of the molecule is CCCCC(=O)N(C)NC[C@@H]1[C@@H](CCCCCCC(=O)O)[C@@H]2CC[C@H]1O2. The van der Waals surface area contributed by atoms with E-state index >= 15 is 0 Å². The molecule has 2 N–H and O–H groups in total. The van der Waals surface area contributed by atoms with Gasteiger partial charge in [-0.1, -0.05) is 32.6 Å². The van der Waals surface area contributed by atoms with Gasteiger partial charge < -0.3 is 9.84 Å². The van der Waals surface area contributed by atoms with Crippen molar-refractivity contribution in [3.8, 4) is 0 Å². The number of nitrogens with one attached hydrogen (secondary N) is 1. The highest BCUT2D eigenvalue weighted by atomic mass is 16.5. The summed E-state index contributed by atoms with van der Waals surface area (Å²) in [4.78, 5) is 22.6. The Bertz CT molecular complexity index is 457. The minimum atomic E-state index is -0.699. The fourth-order valence-electron chi connectivity index (χ4n) is 4.39. The van der Waals surface area contributed by atoms with Gasteiger partial charge >= 0.3 is 5.97 Å². The van der Waals surface area contributed by atoms with E-state index in [1.165, 1.54) is 0 Å². The number of carboxylic acids is 1. The van der Waals surface area contributed by atoms with Gasteiger partial charge in [0.2, 0.25) is 5.91 Å². The quantitative estimate of drug-likeness (QED) is 0.385. The highest BCUT2D eigenvalue weighted by molar-refractivity contribution is 5.75. The minimum absolute atomic E-state index is 0.158. The van der Waals surface area contributed by atoms with Gasteiger partial charge in [-0.05, 0) is 38.0 Å². The lowest BCUT2D eigenvalue weighted by Gasteiger charge is -2.30. The molecule has 0 spiro atoms. The number of amides is 1. The Morgan fingerprint density at radius 3 is 2.42 bits per heavy atom. The molecule has 2 heterocycles. The molecule has 6 nitrogen and oxygen atoms in total. The fourth-order valence-corrected chi connectivity index (χ4v) is 4.39. The van der Waals surface area contributed by atoms with Crippen LogP contribution in [0.3, 0.4) is 0 Å². The topological polar surface area (TPSA) is 78.9 Å². The van der Waals surface area contributed by atoms with E-state index in [2.05, 4.69) is 12.3 Å². The van der Waals surface area contributed by atoms with E-state index in [1.54, 1.807) is 5.01 Å². The Morgan fingerprint density at radius 1 is 1.04 bits per heavy atom. The molecule has 0 saturated carbocycles. The third-order valence-corrected chi connectivity index (χ3v) is 5.95. The van der Waals surface area contributed by atoms with Gasteiger partial charge in [0.15, 0.2) is 0 Å². The summed E-state index contributed by atoms with van der Waals surface area (Å²) in [5.74, 6) is 0.509. The lowest BCUT2D eigenvalue weighted by molar-refractivity contribution is -0.137. The molecule has 0 aliphatic carbocycles. The van der Waals surface area contributed by atoms with E-state index in [0.717, 1.165) is 64.3 Å². The van der Waals surface area contributed by atoms with Crippen molar-refractivity contribution in [1.29, 1.82) is 0 Å². The third-order valence-electron chi connectivity index (χ3n) is 5.95. The summed E-state index contributed by atoms with van der Waals surface area (Å²) in [6.45, 7) is 2.90. The van der Waals surface area contributed by atoms with Crippen molar-refractivity contribution in [1.82, 2.24) is 10.4 Å². The van der Waals surface area contributed by atoms with Gasteiger partial charge in [-0.3, -0.25) is 14.6 Å². The van der Waals surface area contributed by atoms with Crippen molar-refractivity contribution in [2.45, 2.75) is 89.8 Å². The summed E-state index contributed by atoms with van der Waals surface area (Å²) in [6.07, 6.45) is 11.0. The summed E-state index contributed by atoms with van der Waals surface area (Å²) in [7, 11) is 1.82. The van der Waals surface area contributed by atoms with Crippen molar-refractivity contribution in [2.24, 2.45) is 11.8 Å². The second-order valence-corrected chi connectivity index (χ2v) is 7.88. The first kappa shape index (κ1) is 21.2. The minimum Gasteiger partial charge on any atom is -0.481 e. The Balaban J connectivity index is 1.70. The predicted octanol–water partition coefficient (Wildman–Crippen LogP) is 3.36. The molecule has 2 aliphatic heterocycles. The summed E-state index contributed by atoms with van der Waals surface area (Å²) in [5, 5.41) is 10.3. The molecule has 2 saturated heterocycles. The normalized spacial score (nSPS) is 27.0. The van der Waals surface area contributed by atoms with E-state index in [1.807, 2.05) is 7.05 Å². The van der Waals surface area contributed by atoms with Crippen molar-refractivity contribution in [2.75, 3.05) is 13.6 Å². The maximum Gasteiger partial charge on any atom is 0.303 e. The van der Waals surface area contributed by atoms with Gasteiger partial charge in [-0.15, -0.1) is 0 Å². The Hall–Kier alpha value is -1.14. The first-order valence-corrected chi connectivity index (χ1v) is 10.4. The van der Waals surface area contributed by atoms with Gasteiger partial charge in [0, 0.05) is 32.4 Å². The van der Waals surface area contributed by atoms with E-state index in [-0.39, 0.29) is 12.3 Å². The highest BCUT2D eigenvalue weighted by Crippen LogP contribution is 2.45. The van der Waals surface area contributed by atoms with Crippen molar-refractivity contribution in [3.63, 3.8) is 0 Å². The van der Waals surface area contributed by atoms with Gasteiger partial charge in [0.1, 0.15) is 0 Å².